The summed E-state index contributed by atoms with van der Waals surface area (Å²) in [5.74, 6) is 3.77. The number of nitrogens with one attached hydrogen (secondary N) is 1. The van der Waals surface area contributed by atoms with E-state index in [1.54, 1.807) is 43.3 Å². The number of hydrogen-bond acceptors (Lipinski definition) is 3. The Morgan fingerprint density at radius 3 is 2.39 bits per heavy atom. The van der Waals surface area contributed by atoms with Crippen molar-refractivity contribution in [1.29, 1.82) is 0 Å². The first-order valence-electron chi connectivity index (χ1n) is 8.68. The van der Waals surface area contributed by atoms with Crippen LogP contribution in [0.5, 0.6) is 0 Å². The number of hydrogen-bond donors (Lipinski definition) is 1. The predicted octanol–water partition coefficient (Wildman–Crippen LogP) is 2.14. The van der Waals surface area contributed by atoms with E-state index in [1.165, 1.54) is 17.0 Å². The summed E-state index contributed by atoms with van der Waals surface area (Å²) in [7, 11) is 0. The molecule has 6 nitrogen and oxygen atoms in total. The standard InChI is InChI=1S/C21H16FN3O3/c1-2-3-12-24-18(26)21(23-20(24)28)16-6-4-5-7-17(16)25(19(21)27)13-14-8-10-15(22)11-9-14/h4-11H,12-13H2,1H3,(H,23,28). The maximum atomic E-state index is 13.4. The van der Waals surface area contributed by atoms with E-state index >= 15 is 0 Å². The molecular weight excluding hydrogens is 361 g/mol. The summed E-state index contributed by atoms with van der Waals surface area (Å²) in [6, 6.07) is 12.0. The van der Waals surface area contributed by atoms with Crippen LogP contribution in [0, 0.1) is 17.7 Å². The maximum Gasteiger partial charge on any atom is 0.326 e. The maximum absolute atomic E-state index is 13.4. The molecule has 1 fully saturated rings. The monoisotopic (exact) mass is 377 g/mol. The van der Waals surface area contributed by atoms with Gasteiger partial charge >= 0.3 is 6.03 Å². The second-order valence-corrected chi connectivity index (χ2v) is 6.53. The van der Waals surface area contributed by atoms with Crippen LogP contribution in [0.15, 0.2) is 48.5 Å². The lowest BCUT2D eigenvalue weighted by Crippen LogP contribution is -2.52. The quantitative estimate of drug-likeness (QED) is 0.506. The van der Waals surface area contributed by atoms with Crippen molar-refractivity contribution in [2.75, 3.05) is 11.4 Å². The van der Waals surface area contributed by atoms with Gasteiger partial charge in [-0.2, -0.15) is 0 Å². The summed E-state index contributed by atoms with van der Waals surface area (Å²) in [6.07, 6.45) is 0. The Morgan fingerprint density at radius 1 is 1.00 bits per heavy atom. The van der Waals surface area contributed by atoms with Crippen molar-refractivity contribution in [3.63, 3.8) is 0 Å². The van der Waals surface area contributed by atoms with Crippen LogP contribution in [-0.2, 0) is 21.7 Å². The molecule has 28 heavy (non-hydrogen) atoms. The Bertz CT molecular complexity index is 1050. The number of anilines is 1. The molecule has 0 aromatic heterocycles. The van der Waals surface area contributed by atoms with E-state index in [9.17, 15) is 18.8 Å². The van der Waals surface area contributed by atoms with E-state index in [4.69, 9.17) is 0 Å². The second kappa shape index (κ2) is 6.50. The highest BCUT2D eigenvalue weighted by Gasteiger charge is 2.63. The molecule has 0 bridgehead atoms. The van der Waals surface area contributed by atoms with Gasteiger partial charge in [-0.05, 0) is 30.7 Å². The Morgan fingerprint density at radius 2 is 1.68 bits per heavy atom. The molecule has 1 atom stereocenters. The minimum absolute atomic E-state index is 0.0870. The molecule has 140 valence electrons. The first kappa shape index (κ1) is 17.7. The van der Waals surface area contributed by atoms with Gasteiger partial charge in [0.2, 0.25) is 5.54 Å². The average molecular weight is 377 g/mol. The lowest BCUT2D eigenvalue weighted by Gasteiger charge is -2.22. The van der Waals surface area contributed by atoms with Crippen molar-refractivity contribution in [1.82, 2.24) is 10.2 Å². The third-order valence-corrected chi connectivity index (χ3v) is 4.94. The number of carbonyl (C=O) groups is 3. The highest BCUT2D eigenvalue weighted by molar-refractivity contribution is 6.27. The van der Waals surface area contributed by atoms with E-state index in [0.29, 0.717) is 16.8 Å². The Kier molecular flexibility index (Phi) is 4.12. The van der Waals surface area contributed by atoms with Crippen LogP contribution in [0.1, 0.15) is 18.1 Å². The predicted molar refractivity (Wildman–Crippen MR) is 99.4 cm³/mol. The minimum atomic E-state index is -1.79. The number of carbonyl (C=O) groups excluding carboxylic acids is 3. The number of halogens is 1. The Labute approximate surface area is 160 Å². The van der Waals surface area contributed by atoms with Crippen molar-refractivity contribution in [3.05, 3.63) is 65.5 Å². The SMILES string of the molecule is CC#CCN1C(=O)NC2(C1=O)C(=O)N(Cc1ccc(F)cc1)c1ccccc12. The van der Waals surface area contributed by atoms with Crippen molar-refractivity contribution < 1.29 is 18.8 Å². The highest BCUT2D eigenvalue weighted by atomic mass is 19.1. The fourth-order valence-electron chi connectivity index (χ4n) is 3.59. The zero-order valence-electron chi connectivity index (χ0n) is 15.0. The van der Waals surface area contributed by atoms with E-state index < -0.39 is 23.4 Å². The number of imide groups is 1. The van der Waals surface area contributed by atoms with E-state index in [-0.39, 0.29) is 18.9 Å². The van der Waals surface area contributed by atoms with Gasteiger partial charge in [-0.15, -0.1) is 5.92 Å². The third-order valence-electron chi connectivity index (χ3n) is 4.94. The van der Waals surface area contributed by atoms with Crippen molar-refractivity contribution >= 4 is 23.5 Å². The van der Waals surface area contributed by atoms with Crippen LogP contribution in [0.4, 0.5) is 14.9 Å². The zero-order valence-corrected chi connectivity index (χ0v) is 15.0. The number of amides is 4. The number of benzene rings is 2. The normalized spacial score (nSPS) is 20.3. The number of fused-ring (bicyclic) bond motifs is 2. The van der Waals surface area contributed by atoms with Crippen LogP contribution in [-0.4, -0.2) is 29.3 Å². The number of nitrogens with zero attached hydrogens (tertiary/aromatic N) is 2. The molecule has 1 unspecified atom stereocenters. The molecule has 2 aliphatic rings. The van der Waals surface area contributed by atoms with Crippen LogP contribution in [0.25, 0.3) is 0 Å². The molecule has 0 saturated carbocycles. The lowest BCUT2D eigenvalue weighted by molar-refractivity contribution is -0.138. The fourth-order valence-corrected chi connectivity index (χ4v) is 3.59. The summed E-state index contributed by atoms with van der Waals surface area (Å²) in [5, 5.41) is 2.59. The molecule has 1 saturated heterocycles. The summed E-state index contributed by atoms with van der Waals surface area (Å²) in [6.45, 7) is 1.67. The molecule has 1 N–H and O–H groups in total. The minimum Gasteiger partial charge on any atom is -0.311 e. The molecule has 0 radical (unpaired) electrons. The first-order chi connectivity index (χ1) is 13.5. The Balaban J connectivity index is 1.77. The van der Waals surface area contributed by atoms with Gasteiger partial charge in [0, 0.05) is 5.56 Å². The van der Waals surface area contributed by atoms with Gasteiger partial charge in [-0.1, -0.05) is 36.3 Å². The van der Waals surface area contributed by atoms with Gasteiger partial charge in [0.05, 0.1) is 18.8 Å². The molecule has 1 spiro atoms. The Hall–Kier alpha value is -3.66. The van der Waals surface area contributed by atoms with Gasteiger partial charge in [0.25, 0.3) is 11.8 Å². The van der Waals surface area contributed by atoms with Gasteiger partial charge < -0.3 is 10.2 Å². The number of rotatable bonds is 3. The smallest absolute Gasteiger partial charge is 0.311 e. The molecule has 7 heteroatoms. The zero-order chi connectivity index (χ0) is 19.9. The largest absolute Gasteiger partial charge is 0.326 e. The van der Waals surface area contributed by atoms with Gasteiger partial charge in [-0.3, -0.25) is 9.59 Å². The third kappa shape index (κ3) is 2.46. The van der Waals surface area contributed by atoms with Crippen molar-refractivity contribution in [3.8, 4) is 11.8 Å². The fraction of sp³-hybridized carbons (Fsp3) is 0.190. The van der Waals surface area contributed by atoms with Gasteiger partial charge in [0.15, 0.2) is 0 Å². The van der Waals surface area contributed by atoms with E-state index in [2.05, 4.69) is 17.2 Å². The topological polar surface area (TPSA) is 69.7 Å². The van der Waals surface area contributed by atoms with Crippen LogP contribution < -0.4 is 10.2 Å². The summed E-state index contributed by atoms with van der Waals surface area (Å²) in [4.78, 5) is 41.3. The second-order valence-electron chi connectivity index (χ2n) is 6.53. The van der Waals surface area contributed by atoms with E-state index in [0.717, 1.165) is 4.90 Å². The van der Waals surface area contributed by atoms with Crippen LogP contribution in [0.3, 0.4) is 0 Å². The summed E-state index contributed by atoms with van der Waals surface area (Å²) in [5.41, 5.74) is -0.128. The van der Waals surface area contributed by atoms with Gasteiger partial charge in [0.1, 0.15) is 5.82 Å². The molecule has 2 heterocycles. The summed E-state index contributed by atoms with van der Waals surface area (Å²) < 4.78 is 13.2. The molecule has 2 aromatic rings. The van der Waals surface area contributed by atoms with Crippen molar-refractivity contribution in [2.24, 2.45) is 0 Å². The summed E-state index contributed by atoms with van der Waals surface area (Å²) >= 11 is 0. The van der Waals surface area contributed by atoms with Gasteiger partial charge in [-0.25, -0.2) is 14.1 Å². The highest BCUT2D eigenvalue weighted by Crippen LogP contribution is 2.44. The molecular formula is C21H16FN3O3. The molecule has 2 aromatic carbocycles. The number of para-hydroxylation sites is 1. The van der Waals surface area contributed by atoms with Crippen molar-refractivity contribution in [2.45, 2.75) is 19.0 Å². The molecule has 2 aliphatic heterocycles. The van der Waals surface area contributed by atoms with Crippen LogP contribution in [0.2, 0.25) is 0 Å². The molecule has 4 rings (SSSR count). The lowest BCUT2D eigenvalue weighted by atomic mass is 9.91. The average Bonchev–Trinajstić information content (AvgIpc) is 3.09. The number of urea groups is 1. The first-order valence-corrected chi connectivity index (χ1v) is 8.68. The molecule has 4 amide bonds. The molecule has 0 aliphatic carbocycles. The van der Waals surface area contributed by atoms with Crippen LogP contribution >= 0.6 is 0 Å². The van der Waals surface area contributed by atoms with E-state index in [1.807, 2.05) is 0 Å².